The van der Waals surface area contributed by atoms with Crippen molar-refractivity contribution in [2.45, 2.75) is 44.4 Å². The molecule has 0 unspecified atom stereocenters. The Morgan fingerprint density at radius 3 is 2.32 bits per heavy atom. The van der Waals surface area contributed by atoms with Crippen LogP contribution in [-0.4, -0.2) is 39.4 Å². The van der Waals surface area contributed by atoms with Crippen LogP contribution in [0.25, 0.3) is 0 Å². The largest absolute Gasteiger partial charge is 0.343 e. The maximum absolute atomic E-state index is 12.1. The topological polar surface area (TPSA) is 66.5 Å². The van der Waals surface area contributed by atoms with E-state index >= 15 is 0 Å². The minimum Gasteiger partial charge on any atom is -0.343 e. The summed E-state index contributed by atoms with van der Waals surface area (Å²) in [4.78, 5) is 14.3. The molecule has 1 aromatic carbocycles. The highest BCUT2D eigenvalue weighted by Crippen LogP contribution is 2.12. The molecule has 1 amide bonds. The molecular formula is C16H26N2O3S. The Hall–Kier alpha value is -1.40. The lowest BCUT2D eigenvalue weighted by molar-refractivity contribution is -0.131. The number of amides is 1. The maximum Gasteiger partial charge on any atom is 0.240 e. The SMILES string of the molecule is CCCCN(CC)C(=O)CCc1ccc(S(=O)(=O)NC)cc1. The molecule has 5 nitrogen and oxygen atoms in total. The van der Waals surface area contributed by atoms with Crippen LogP contribution in [0.4, 0.5) is 0 Å². The van der Waals surface area contributed by atoms with E-state index < -0.39 is 10.0 Å². The van der Waals surface area contributed by atoms with Gasteiger partial charge in [0.2, 0.25) is 15.9 Å². The summed E-state index contributed by atoms with van der Waals surface area (Å²) in [5, 5.41) is 0. The fraction of sp³-hybridized carbons (Fsp3) is 0.562. The van der Waals surface area contributed by atoms with E-state index in [1.807, 2.05) is 11.8 Å². The molecule has 0 bridgehead atoms. The fourth-order valence-corrected chi connectivity index (χ4v) is 2.90. The predicted octanol–water partition coefficient (Wildman–Crippen LogP) is 2.18. The zero-order valence-corrected chi connectivity index (χ0v) is 14.4. The predicted molar refractivity (Wildman–Crippen MR) is 88.2 cm³/mol. The van der Waals surface area contributed by atoms with Crippen molar-refractivity contribution < 1.29 is 13.2 Å². The van der Waals surface area contributed by atoms with Gasteiger partial charge in [0, 0.05) is 19.5 Å². The summed E-state index contributed by atoms with van der Waals surface area (Å²) in [6.45, 7) is 5.65. The second-order valence-electron chi connectivity index (χ2n) is 5.18. The average Bonchev–Trinajstić information content (AvgIpc) is 2.54. The van der Waals surface area contributed by atoms with Crippen molar-refractivity contribution in [3.05, 3.63) is 29.8 Å². The quantitative estimate of drug-likeness (QED) is 0.756. The van der Waals surface area contributed by atoms with E-state index in [4.69, 9.17) is 0 Å². The third-order valence-electron chi connectivity index (χ3n) is 3.65. The summed E-state index contributed by atoms with van der Waals surface area (Å²) < 4.78 is 25.6. The van der Waals surface area contributed by atoms with Crippen molar-refractivity contribution in [3.8, 4) is 0 Å². The van der Waals surface area contributed by atoms with Gasteiger partial charge in [-0.15, -0.1) is 0 Å². The molecule has 22 heavy (non-hydrogen) atoms. The molecule has 0 aliphatic rings. The van der Waals surface area contributed by atoms with Crippen LogP contribution < -0.4 is 4.72 Å². The van der Waals surface area contributed by atoms with E-state index in [9.17, 15) is 13.2 Å². The fourth-order valence-electron chi connectivity index (χ4n) is 2.17. The van der Waals surface area contributed by atoms with Crippen LogP contribution in [0.5, 0.6) is 0 Å². The zero-order valence-electron chi connectivity index (χ0n) is 13.6. The molecule has 6 heteroatoms. The number of benzene rings is 1. The van der Waals surface area contributed by atoms with Crippen molar-refractivity contribution in [2.75, 3.05) is 20.1 Å². The molecule has 1 rings (SSSR count). The highest BCUT2D eigenvalue weighted by molar-refractivity contribution is 7.89. The van der Waals surface area contributed by atoms with E-state index in [1.165, 1.54) is 7.05 Å². The summed E-state index contributed by atoms with van der Waals surface area (Å²) in [5.74, 6) is 0.155. The number of sulfonamides is 1. The van der Waals surface area contributed by atoms with Crippen molar-refractivity contribution in [3.63, 3.8) is 0 Å². The first kappa shape index (κ1) is 18.6. The highest BCUT2D eigenvalue weighted by atomic mass is 32.2. The molecule has 0 radical (unpaired) electrons. The average molecular weight is 326 g/mol. The number of hydrogen-bond acceptors (Lipinski definition) is 3. The summed E-state index contributed by atoms with van der Waals surface area (Å²) in [6.07, 6.45) is 3.18. The minimum atomic E-state index is -3.40. The second kappa shape index (κ2) is 8.90. The van der Waals surface area contributed by atoms with Gasteiger partial charge in [-0.3, -0.25) is 4.79 Å². The third-order valence-corrected chi connectivity index (χ3v) is 5.08. The normalized spacial score (nSPS) is 11.4. The number of unbranched alkanes of at least 4 members (excludes halogenated alkanes) is 1. The lowest BCUT2D eigenvalue weighted by Gasteiger charge is -2.20. The van der Waals surface area contributed by atoms with E-state index in [0.717, 1.165) is 31.5 Å². The molecule has 0 saturated heterocycles. The maximum atomic E-state index is 12.1. The smallest absolute Gasteiger partial charge is 0.240 e. The summed E-state index contributed by atoms with van der Waals surface area (Å²) in [7, 11) is -2.01. The molecule has 0 spiro atoms. The van der Waals surface area contributed by atoms with Gasteiger partial charge < -0.3 is 4.90 Å². The standard InChI is InChI=1S/C16H26N2O3S/c1-4-6-13-18(5-2)16(19)12-9-14-7-10-15(11-8-14)22(20,21)17-3/h7-8,10-11,17H,4-6,9,12-13H2,1-3H3. The van der Waals surface area contributed by atoms with Gasteiger partial charge in [-0.2, -0.15) is 0 Å². The Bertz CT molecular complexity index is 568. The molecule has 1 N–H and O–H groups in total. The van der Waals surface area contributed by atoms with Crippen molar-refractivity contribution >= 4 is 15.9 Å². The van der Waals surface area contributed by atoms with Gasteiger partial charge in [-0.05, 0) is 44.5 Å². The van der Waals surface area contributed by atoms with Gasteiger partial charge >= 0.3 is 0 Å². The van der Waals surface area contributed by atoms with Gasteiger partial charge in [0.05, 0.1) is 4.90 Å². The molecular weight excluding hydrogens is 300 g/mol. The van der Waals surface area contributed by atoms with E-state index in [2.05, 4.69) is 11.6 Å². The first-order valence-electron chi connectivity index (χ1n) is 7.74. The van der Waals surface area contributed by atoms with Crippen LogP contribution in [0.15, 0.2) is 29.2 Å². The van der Waals surface area contributed by atoms with E-state index in [1.54, 1.807) is 24.3 Å². The molecule has 0 aliphatic carbocycles. The number of carbonyl (C=O) groups excluding carboxylic acids is 1. The van der Waals surface area contributed by atoms with Gasteiger partial charge in [-0.1, -0.05) is 25.5 Å². The van der Waals surface area contributed by atoms with Crippen molar-refractivity contribution in [2.24, 2.45) is 0 Å². The monoisotopic (exact) mass is 326 g/mol. The first-order valence-corrected chi connectivity index (χ1v) is 9.23. The van der Waals surface area contributed by atoms with E-state index in [0.29, 0.717) is 12.8 Å². The number of aryl methyl sites for hydroxylation is 1. The lowest BCUT2D eigenvalue weighted by atomic mass is 10.1. The minimum absolute atomic E-state index is 0.155. The summed E-state index contributed by atoms with van der Waals surface area (Å²) in [5.41, 5.74) is 0.968. The van der Waals surface area contributed by atoms with E-state index in [-0.39, 0.29) is 10.8 Å². The number of carbonyl (C=O) groups is 1. The zero-order chi connectivity index (χ0) is 16.6. The molecule has 1 aromatic rings. The Morgan fingerprint density at radius 2 is 1.82 bits per heavy atom. The van der Waals surface area contributed by atoms with Gasteiger partial charge in [0.25, 0.3) is 0 Å². The second-order valence-corrected chi connectivity index (χ2v) is 7.06. The Morgan fingerprint density at radius 1 is 1.18 bits per heavy atom. The molecule has 0 heterocycles. The molecule has 124 valence electrons. The van der Waals surface area contributed by atoms with Crippen LogP contribution in [0, 0.1) is 0 Å². The third kappa shape index (κ3) is 5.42. The first-order chi connectivity index (χ1) is 10.4. The Labute approximate surface area is 133 Å². The molecule has 0 fully saturated rings. The Kier molecular flexibility index (Phi) is 7.55. The van der Waals surface area contributed by atoms with Crippen molar-refractivity contribution in [1.29, 1.82) is 0 Å². The molecule has 0 aliphatic heterocycles. The van der Waals surface area contributed by atoms with Crippen LogP contribution in [0.1, 0.15) is 38.7 Å². The molecule has 0 saturated carbocycles. The van der Waals surface area contributed by atoms with Gasteiger partial charge in [0.15, 0.2) is 0 Å². The van der Waals surface area contributed by atoms with Crippen LogP contribution in [-0.2, 0) is 21.2 Å². The van der Waals surface area contributed by atoms with Crippen LogP contribution in [0.2, 0.25) is 0 Å². The number of nitrogens with one attached hydrogen (secondary N) is 1. The summed E-state index contributed by atoms with van der Waals surface area (Å²) >= 11 is 0. The molecule has 0 atom stereocenters. The molecule has 0 aromatic heterocycles. The van der Waals surface area contributed by atoms with Crippen LogP contribution in [0.3, 0.4) is 0 Å². The van der Waals surface area contributed by atoms with Crippen molar-refractivity contribution in [1.82, 2.24) is 9.62 Å². The summed E-state index contributed by atoms with van der Waals surface area (Å²) in [6, 6.07) is 6.67. The number of rotatable bonds is 9. The lowest BCUT2D eigenvalue weighted by Crippen LogP contribution is -2.31. The van der Waals surface area contributed by atoms with Gasteiger partial charge in [0.1, 0.15) is 0 Å². The highest BCUT2D eigenvalue weighted by Gasteiger charge is 2.13. The van der Waals surface area contributed by atoms with Gasteiger partial charge in [-0.25, -0.2) is 13.1 Å². The van der Waals surface area contributed by atoms with Crippen LogP contribution >= 0.6 is 0 Å². The number of nitrogens with zero attached hydrogens (tertiary/aromatic N) is 1. The Balaban J connectivity index is 2.59. The number of hydrogen-bond donors (Lipinski definition) is 1.